The summed E-state index contributed by atoms with van der Waals surface area (Å²) in [7, 11) is 1.32. The number of carbonyl (C=O) groups is 1. The van der Waals surface area contributed by atoms with Gasteiger partial charge in [0, 0.05) is 30.7 Å². The van der Waals surface area contributed by atoms with E-state index < -0.39 is 6.09 Å². The number of hydrogen-bond donors (Lipinski definition) is 1. The number of amides is 1. The first-order chi connectivity index (χ1) is 11.7. The van der Waals surface area contributed by atoms with E-state index in [1.165, 1.54) is 20.0 Å². The highest BCUT2D eigenvalue weighted by Gasteiger charge is 2.22. The third kappa shape index (κ3) is 2.95. The fourth-order valence-corrected chi connectivity index (χ4v) is 2.79. The van der Waals surface area contributed by atoms with Crippen LogP contribution in [0, 0.1) is 5.92 Å². The highest BCUT2D eigenvalue weighted by molar-refractivity contribution is 5.85. The van der Waals surface area contributed by atoms with Crippen molar-refractivity contribution in [3.8, 4) is 11.1 Å². The van der Waals surface area contributed by atoms with E-state index in [9.17, 15) is 4.79 Å². The van der Waals surface area contributed by atoms with Crippen molar-refractivity contribution in [3.63, 3.8) is 0 Å². The Bertz CT molecular complexity index is 899. The summed E-state index contributed by atoms with van der Waals surface area (Å²) < 4.78 is 6.88. The van der Waals surface area contributed by atoms with Crippen molar-refractivity contribution in [2.75, 3.05) is 12.4 Å². The Morgan fingerprint density at radius 2 is 2.17 bits per heavy atom. The minimum absolute atomic E-state index is 0.452. The van der Waals surface area contributed by atoms with Crippen molar-refractivity contribution in [3.05, 3.63) is 42.9 Å². The summed E-state index contributed by atoms with van der Waals surface area (Å²) in [5.74, 6) is 1.26. The number of rotatable bonds is 4. The molecule has 0 aromatic carbocycles. The Morgan fingerprint density at radius 3 is 2.96 bits per heavy atom. The molecule has 6 nitrogen and oxygen atoms in total. The second-order valence-electron chi connectivity index (χ2n) is 6.09. The van der Waals surface area contributed by atoms with E-state index in [1.807, 2.05) is 18.3 Å². The van der Waals surface area contributed by atoms with Gasteiger partial charge in [0.2, 0.25) is 0 Å². The fourth-order valence-electron chi connectivity index (χ4n) is 2.79. The third-order valence-corrected chi connectivity index (χ3v) is 4.28. The molecule has 0 spiro atoms. The van der Waals surface area contributed by atoms with Gasteiger partial charge in [-0.25, -0.2) is 9.78 Å². The Kier molecular flexibility index (Phi) is 3.65. The Morgan fingerprint density at radius 1 is 1.29 bits per heavy atom. The van der Waals surface area contributed by atoms with Crippen LogP contribution in [0.4, 0.5) is 10.6 Å². The lowest BCUT2D eigenvalue weighted by molar-refractivity contribution is 0.187. The first-order valence-corrected chi connectivity index (χ1v) is 7.99. The predicted molar refractivity (Wildman–Crippen MR) is 91.7 cm³/mol. The fraction of sp³-hybridized carbons (Fsp3) is 0.278. The molecule has 3 heterocycles. The van der Waals surface area contributed by atoms with Crippen LogP contribution in [0.3, 0.4) is 0 Å². The number of fused-ring (bicyclic) bond motifs is 1. The molecule has 0 radical (unpaired) electrons. The summed E-state index contributed by atoms with van der Waals surface area (Å²) in [6.07, 6.45) is 7.72. The van der Waals surface area contributed by atoms with Gasteiger partial charge in [0.05, 0.1) is 18.1 Å². The molecule has 1 aliphatic rings. The molecule has 1 aliphatic carbocycles. The van der Waals surface area contributed by atoms with Crippen LogP contribution in [0.2, 0.25) is 0 Å². The van der Waals surface area contributed by atoms with Crippen LogP contribution >= 0.6 is 0 Å². The second kappa shape index (κ2) is 5.96. The average molecular weight is 322 g/mol. The lowest BCUT2D eigenvalue weighted by Gasteiger charge is -2.08. The Hall–Kier alpha value is -2.89. The molecule has 4 rings (SSSR count). The van der Waals surface area contributed by atoms with Crippen LogP contribution in [0.15, 0.2) is 42.9 Å². The number of nitrogens with zero attached hydrogens (tertiary/aromatic N) is 3. The van der Waals surface area contributed by atoms with Gasteiger partial charge in [-0.3, -0.25) is 10.3 Å². The smallest absolute Gasteiger partial charge is 0.412 e. The highest BCUT2D eigenvalue weighted by Crippen LogP contribution is 2.32. The maximum atomic E-state index is 11.3. The van der Waals surface area contributed by atoms with Crippen LogP contribution < -0.4 is 5.32 Å². The Labute approximate surface area is 139 Å². The zero-order valence-corrected chi connectivity index (χ0v) is 13.4. The number of nitrogens with one attached hydrogen (secondary N) is 1. The summed E-state index contributed by atoms with van der Waals surface area (Å²) in [4.78, 5) is 20.0. The number of hydrogen-bond acceptors (Lipinski definition) is 4. The summed E-state index contributed by atoms with van der Waals surface area (Å²) in [6, 6.07) is 7.91. The first kappa shape index (κ1) is 14.7. The molecule has 1 N–H and O–H groups in total. The van der Waals surface area contributed by atoms with E-state index >= 15 is 0 Å². The lowest BCUT2D eigenvalue weighted by Crippen LogP contribution is -2.11. The van der Waals surface area contributed by atoms with Crippen molar-refractivity contribution in [1.29, 1.82) is 0 Å². The summed E-state index contributed by atoms with van der Waals surface area (Å²) >= 11 is 0. The normalized spacial score (nSPS) is 13.9. The van der Waals surface area contributed by atoms with E-state index in [4.69, 9.17) is 0 Å². The van der Waals surface area contributed by atoms with Crippen molar-refractivity contribution in [2.45, 2.75) is 19.4 Å². The van der Waals surface area contributed by atoms with Gasteiger partial charge in [0.1, 0.15) is 5.82 Å². The lowest BCUT2D eigenvalue weighted by atomic mass is 10.1. The highest BCUT2D eigenvalue weighted by atomic mass is 16.5. The maximum Gasteiger partial charge on any atom is 0.412 e. The minimum atomic E-state index is -0.536. The quantitative estimate of drug-likeness (QED) is 0.795. The van der Waals surface area contributed by atoms with Crippen LogP contribution in [-0.4, -0.2) is 27.7 Å². The molecule has 24 heavy (non-hydrogen) atoms. The number of methoxy groups -OCH3 is 1. The van der Waals surface area contributed by atoms with Gasteiger partial charge in [-0.2, -0.15) is 0 Å². The topological polar surface area (TPSA) is 69.0 Å². The van der Waals surface area contributed by atoms with Gasteiger partial charge in [-0.05, 0) is 48.6 Å². The molecular formula is C18H18N4O2. The van der Waals surface area contributed by atoms with E-state index in [0.29, 0.717) is 5.82 Å². The van der Waals surface area contributed by atoms with Crippen LogP contribution in [0.5, 0.6) is 0 Å². The molecule has 0 saturated heterocycles. The van der Waals surface area contributed by atoms with Crippen molar-refractivity contribution in [2.24, 2.45) is 5.92 Å². The molecule has 3 aromatic rings. The van der Waals surface area contributed by atoms with Crippen LogP contribution in [0.1, 0.15) is 12.8 Å². The van der Waals surface area contributed by atoms with Crippen molar-refractivity contribution >= 4 is 22.9 Å². The summed E-state index contributed by atoms with van der Waals surface area (Å²) in [5.41, 5.74) is 4.08. The molecule has 122 valence electrons. The monoisotopic (exact) mass is 322 g/mol. The summed E-state index contributed by atoms with van der Waals surface area (Å²) in [6.45, 7) is 1.06. The summed E-state index contributed by atoms with van der Waals surface area (Å²) in [5, 5.41) is 2.58. The molecular weight excluding hydrogens is 304 g/mol. The average Bonchev–Trinajstić information content (AvgIpc) is 3.34. The molecule has 6 heteroatoms. The number of anilines is 1. The zero-order chi connectivity index (χ0) is 16.5. The van der Waals surface area contributed by atoms with E-state index in [-0.39, 0.29) is 0 Å². The van der Waals surface area contributed by atoms with Crippen LogP contribution in [-0.2, 0) is 11.3 Å². The SMILES string of the molecule is COC(=O)Nc1cc(-c2cnc3ccn(CC4CC4)c3c2)ccn1. The van der Waals surface area contributed by atoms with Crippen molar-refractivity contribution < 1.29 is 9.53 Å². The molecule has 1 saturated carbocycles. The van der Waals surface area contributed by atoms with Crippen LogP contribution in [0.25, 0.3) is 22.2 Å². The standard InChI is InChI=1S/C18H18N4O2/c1-24-18(23)21-17-9-13(4-6-19-17)14-8-16-15(20-10-14)5-7-22(16)11-12-2-3-12/h4-10,12H,2-3,11H2,1H3,(H,19,21,23). The third-order valence-electron chi connectivity index (χ3n) is 4.28. The number of carbonyl (C=O) groups excluding carboxylic acids is 1. The largest absolute Gasteiger partial charge is 0.453 e. The van der Waals surface area contributed by atoms with Crippen molar-refractivity contribution in [1.82, 2.24) is 14.5 Å². The van der Waals surface area contributed by atoms with E-state index in [1.54, 1.807) is 6.20 Å². The predicted octanol–water partition coefficient (Wildman–Crippen LogP) is 3.69. The van der Waals surface area contributed by atoms with E-state index in [2.05, 4.69) is 42.9 Å². The molecule has 1 fully saturated rings. The number of pyridine rings is 2. The molecule has 0 unspecified atom stereocenters. The minimum Gasteiger partial charge on any atom is -0.453 e. The van der Waals surface area contributed by atoms with Gasteiger partial charge < -0.3 is 9.30 Å². The molecule has 0 aliphatic heterocycles. The first-order valence-electron chi connectivity index (χ1n) is 7.99. The molecule has 3 aromatic heterocycles. The van der Waals surface area contributed by atoms with Gasteiger partial charge in [-0.15, -0.1) is 0 Å². The molecule has 0 bridgehead atoms. The van der Waals surface area contributed by atoms with Gasteiger partial charge in [0.15, 0.2) is 0 Å². The number of ether oxygens (including phenoxy) is 1. The molecule has 1 amide bonds. The maximum absolute atomic E-state index is 11.3. The zero-order valence-electron chi connectivity index (χ0n) is 13.4. The van der Waals surface area contributed by atoms with E-state index in [0.717, 1.165) is 34.6 Å². The number of aromatic nitrogens is 3. The van der Waals surface area contributed by atoms with Gasteiger partial charge >= 0.3 is 6.09 Å². The second-order valence-corrected chi connectivity index (χ2v) is 6.09. The molecule has 0 atom stereocenters. The van der Waals surface area contributed by atoms with Gasteiger partial charge in [-0.1, -0.05) is 0 Å². The van der Waals surface area contributed by atoms with Gasteiger partial charge in [0.25, 0.3) is 0 Å². The Balaban J connectivity index is 1.67.